The standard InChI is InChI=1S/2C29H32O5.Ca/c2*1-4-32-12-13-33-25-14-19(2)28(20(3)15-25)23-7-5-6-21(16-23)18-34-24-10-8-22(9-11-24)26-17-27(26)29(30)31;/h2*5-11,14-16,26-27H,4,12-13,17-18H2,1-3H3,(H,30,31);/q;;+2/p-2. The van der Waals surface area contributed by atoms with E-state index >= 15 is 0 Å². The number of carbonyl (C=O) groups excluding carboxylic acids is 2. The predicted molar refractivity (Wildman–Crippen MR) is 266 cm³/mol. The monoisotopic (exact) mass is 958 g/mol. The van der Waals surface area contributed by atoms with Crippen LogP contribution >= 0.6 is 0 Å². The number of carbonyl (C=O) groups is 2. The van der Waals surface area contributed by atoms with Gasteiger partial charge in [-0.1, -0.05) is 60.7 Å². The summed E-state index contributed by atoms with van der Waals surface area (Å²) >= 11 is 0. The third-order valence-electron chi connectivity index (χ3n) is 12.5. The van der Waals surface area contributed by atoms with Crippen LogP contribution in [-0.2, 0) is 32.3 Å². The van der Waals surface area contributed by atoms with Gasteiger partial charge in [0.25, 0.3) is 0 Å². The molecule has 0 saturated heterocycles. The Bertz CT molecular complexity index is 2420. The Morgan fingerprint density at radius 3 is 1.16 bits per heavy atom. The van der Waals surface area contributed by atoms with Crippen molar-refractivity contribution >= 4 is 49.7 Å². The normalized spacial score (nSPS) is 16.6. The SMILES string of the molecule is CCOCCOc1cc(C)c(-c2cccc(COc3ccc(C4CC4C(=O)[O-])cc3)c2)c(C)c1.CCOCCOc1cc(C)c(-c2cccc(COc3ccc(C4CC4C(=O)[O-])cc3)c2)c(C)c1.[Ca+2]. The maximum Gasteiger partial charge on any atom is 2.00 e. The van der Waals surface area contributed by atoms with E-state index in [4.69, 9.17) is 28.4 Å². The molecule has 0 aromatic heterocycles. The third kappa shape index (κ3) is 14.8. The molecule has 2 aliphatic rings. The number of aryl methyl sites for hydroxylation is 4. The first-order valence-corrected chi connectivity index (χ1v) is 23.6. The zero-order valence-corrected chi connectivity index (χ0v) is 42.9. The van der Waals surface area contributed by atoms with E-state index in [0.29, 0.717) is 65.7 Å². The first kappa shape index (κ1) is 53.0. The number of carboxylic acids is 2. The van der Waals surface area contributed by atoms with Crippen molar-refractivity contribution in [1.82, 2.24) is 0 Å². The molecule has 0 spiro atoms. The van der Waals surface area contributed by atoms with E-state index in [1.165, 1.54) is 11.1 Å². The number of carboxylic acid groups (broad SMARTS) is 2. The van der Waals surface area contributed by atoms with E-state index in [1.807, 2.05) is 62.4 Å². The Labute approximate surface area is 436 Å². The van der Waals surface area contributed by atoms with Crippen LogP contribution in [0.1, 0.15) is 83.0 Å². The fourth-order valence-corrected chi connectivity index (χ4v) is 8.89. The second-order valence-electron chi connectivity index (χ2n) is 17.6. The molecule has 8 rings (SSSR count). The summed E-state index contributed by atoms with van der Waals surface area (Å²) in [6.45, 7) is 16.9. The largest absolute Gasteiger partial charge is 2.00 e. The summed E-state index contributed by atoms with van der Waals surface area (Å²) in [5.41, 5.74) is 13.6. The summed E-state index contributed by atoms with van der Waals surface area (Å²) in [5.74, 6) is 0.777. The van der Waals surface area contributed by atoms with Gasteiger partial charge in [-0.2, -0.15) is 0 Å². The zero-order chi connectivity index (χ0) is 48.2. The van der Waals surface area contributed by atoms with E-state index in [0.717, 1.165) is 78.6 Å². The molecule has 69 heavy (non-hydrogen) atoms. The number of benzene rings is 6. The molecule has 6 aromatic rings. The molecule has 0 bridgehead atoms. The Balaban J connectivity index is 0.000000224. The van der Waals surface area contributed by atoms with Crippen molar-refractivity contribution in [3.05, 3.63) is 166 Å². The molecule has 0 amide bonds. The minimum absolute atomic E-state index is 0. The number of aliphatic carboxylic acids is 2. The first-order chi connectivity index (χ1) is 32.9. The zero-order valence-electron chi connectivity index (χ0n) is 40.7. The van der Waals surface area contributed by atoms with Crippen LogP contribution in [0.2, 0.25) is 0 Å². The molecule has 2 aliphatic carbocycles. The number of hydrogen-bond donors (Lipinski definition) is 0. The van der Waals surface area contributed by atoms with Crippen LogP contribution < -0.4 is 29.2 Å². The molecule has 0 N–H and O–H groups in total. The Morgan fingerprint density at radius 2 is 0.841 bits per heavy atom. The molecule has 0 aliphatic heterocycles. The maximum absolute atomic E-state index is 11.0. The van der Waals surface area contributed by atoms with Gasteiger partial charge in [-0.25, -0.2) is 0 Å². The van der Waals surface area contributed by atoms with Gasteiger partial charge in [0.15, 0.2) is 0 Å². The summed E-state index contributed by atoms with van der Waals surface area (Å²) in [5, 5.41) is 22.0. The van der Waals surface area contributed by atoms with Gasteiger partial charge >= 0.3 is 37.7 Å². The summed E-state index contributed by atoms with van der Waals surface area (Å²) in [4.78, 5) is 22.0. The molecule has 2 saturated carbocycles. The molecular weight excluding hydrogens is 897 g/mol. The topological polar surface area (TPSA) is 136 Å². The van der Waals surface area contributed by atoms with E-state index in [-0.39, 0.29) is 61.4 Å². The smallest absolute Gasteiger partial charge is 0.550 e. The molecule has 0 radical (unpaired) electrons. The molecular formula is C58H62CaO10. The summed E-state index contributed by atoms with van der Waals surface area (Å²) < 4.78 is 34.4. The summed E-state index contributed by atoms with van der Waals surface area (Å²) in [6, 6.07) is 40.5. The van der Waals surface area contributed by atoms with E-state index in [2.05, 4.69) is 100 Å². The fourth-order valence-electron chi connectivity index (χ4n) is 8.89. The van der Waals surface area contributed by atoms with E-state index < -0.39 is 11.9 Å². The van der Waals surface area contributed by atoms with Gasteiger partial charge in [0, 0.05) is 37.0 Å². The van der Waals surface area contributed by atoms with Crippen LogP contribution in [0, 0.1) is 39.5 Å². The second kappa shape index (κ2) is 25.5. The van der Waals surface area contributed by atoms with Crippen LogP contribution in [0.4, 0.5) is 0 Å². The summed E-state index contributed by atoms with van der Waals surface area (Å²) in [6.07, 6.45) is 1.32. The van der Waals surface area contributed by atoms with Crippen molar-refractivity contribution in [2.45, 2.75) is 79.4 Å². The first-order valence-electron chi connectivity index (χ1n) is 23.6. The quantitative estimate of drug-likeness (QED) is 0.0479. The van der Waals surface area contributed by atoms with Gasteiger partial charge in [-0.05, 0) is 194 Å². The van der Waals surface area contributed by atoms with Crippen molar-refractivity contribution < 1.29 is 48.2 Å². The average Bonchev–Trinajstić information content (AvgIpc) is 4.27. The van der Waals surface area contributed by atoms with Gasteiger partial charge in [0.05, 0.1) is 13.2 Å². The van der Waals surface area contributed by atoms with Crippen LogP contribution in [0.15, 0.2) is 121 Å². The predicted octanol–water partition coefficient (Wildman–Crippen LogP) is 9.26. The number of hydrogen-bond acceptors (Lipinski definition) is 10. The van der Waals surface area contributed by atoms with Crippen molar-refractivity contribution in [3.8, 4) is 45.3 Å². The second-order valence-corrected chi connectivity index (χ2v) is 17.6. The van der Waals surface area contributed by atoms with E-state index in [9.17, 15) is 19.8 Å². The molecule has 0 heterocycles. The Kier molecular flexibility index (Phi) is 19.6. The van der Waals surface area contributed by atoms with Crippen molar-refractivity contribution in [3.63, 3.8) is 0 Å². The van der Waals surface area contributed by atoms with Gasteiger partial charge in [-0.3, -0.25) is 0 Å². The molecule has 11 heteroatoms. The maximum atomic E-state index is 11.0. The average molecular weight is 959 g/mol. The van der Waals surface area contributed by atoms with Crippen LogP contribution in [0.25, 0.3) is 22.3 Å². The minimum Gasteiger partial charge on any atom is -0.550 e. The van der Waals surface area contributed by atoms with Gasteiger partial charge in [-0.15, -0.1) is 0 Å². The molecule has 4 unspecified atom stereocenters. The molecule has 10 nitrogen and oxygen atoms in total. The fraction of sp³-hybridized carbons (Fsp3) is 0.345. The number of rotatable bonds is 22. The molecule has 356 valence electrons. The third-order valence-corrected chi connectivity index (χ3v) is 12.5. The number of ether oxygens (including phenoxy) is 6. The van der Waals surface area contributed by atoms with Crippen molar-refractivity contribution in [1.29, 1.82) is 0 Å². The van der Waals surface area contributed by atoms with Crippen LogP contribution in [-0.4, -0.2) is 89.3 Å². The van der Waals surface area contributed by atoms with Crippen molar-refractivity contribution in [2.75, 3.05) is 39.6 Å². The summed E-state index contributed by atoms with van der Waals surface area (Å²) in [7, 11) is 0. The van der Waals surface area contributed by atoms with Crippen LogP contribution in [0.5, 0.6) is 23.0 Å². The van der Waals surface area contributed by atoms with Crippen molar-refractivity contribution in [2.24, 2.45) is 11.8 Å². The minimum atomic E-state index is -0.959. The molecule has 2 fully saturated rings. The van der Waals surface area contributed by atoms with E-state index in [1.54, 1.807) is 0 Å². The Morgan fingerprint density at radius 1 is 0.478 bits per heavy atom. The molecule has 4 atom stereocenters. The van der Waals surface area contributed by atoms with Gasteiger partial charge in [0.1, 0.15) is 49.4 Å². The Hall–Kier alpha value is -5.36. The van der Waals surface area contributed by atoms with Crippen LogP contribution in [0.3, 0.4) is 0 Å². The van der Waals surface area contributed by atoms with Gasteiger partial charge in [0.2, 0.25) is 0 Å². The van der Waals surface area contributed by atoms with Gasteiger partial charge < -0.3 is 48.2 Å². The molecule has 6 aromatic carbocycles.